The van der Waals surface area contributed by atoms with E-state index in [4.69, 9.17) is 21.5 Å². The Morgan fingerprint density at radius 1 is 1.12 bits per heavy atom. The Bertz CT molecular complexity index is 1000. The molecule has 10 heteroatoms. The Morgan fingerprint density at radius 2 is 1.80 bits per heavy atom. The van der Waals surface area contributed by atoms with Gasteiger partial charge in [-0.1, -0.05) is 18.5 Å². The maximum Gasteiger partial charge on any atom is 0.342 e. The van der Waals surface area contributed by atoms with Crippen molar-refractivity contribution in [1.29, 1.82) is 0 Å². The van der Waals surface area contributed by atoms with Crippen LogP contribution < -0.4 is 9.92 Å². The zero-order chi connectivity index (χ0) is 18.8. The van der Waals surface area contributed by atoms with E-state index in [2.05, 4.69) is 0 Å². The molecule has 7 nitrogen and oxygen atoms in total. The van der Waals surface area contributed by atoms with Gasteiger partial charge in [0, 0.05) is 17.1 Å². The highest BCUT2D eigenvalue weighted by atomic mass is 35.5. The van der Waals surface area contributed by atoms with Gasteiger partial charge in [-0.2, -0.15) is 8.42 Å². The summed E-state index contributed by atoms with van der Waals surface area (Å²) in [6.07, 6.45) is 0. The number of benzene rings is 2. The highest BCUT2D eigenvalue weighted by molar-refractivity contribution is 7.91. The van der Waals surface area contributed by atoms with Crippen molar-refractivity contribution in [3.8, 4) is 11.5 Å². The van der Waals surface area contributed by atoms with Crippen LogP contribution in [-0.4, -0.2) is 27.7 Å². The molecule has 2 rings (SSSR count). The van der Waals surface area contributed by atoms with E-state index in [1.807, 2.05) is 0 Å². The summed E-state index contributed by atoms with van der Waals surface area (Å²) in [6.45, 7) is 1.35. The first-order valence-electron chi connectivity index (χ1n) is 7.09. The van der Waals surface area contributed by atoms with Crippen molar-refractivity contribution in [2.24, 2.45) is 5.73 Å². The van der Waals surface area contributed by atoms with E-state index in [9.17, 15) is 21.9 Å². The predicted molar refractivity (Wildman–Crippen MR) is 93.0 cm³/mol. The van der Waals surface area contributed by atoms with Crippen LogP contribution in [0.4, 0.5) is 0 Å². The van der Waals surface area contributed by atoms with Gasteiger partial charge in [0.05, 0.1) is 10.6 Å². The molecular formula is C15H16ClNO6S2. The Kier molecular flexibility index (Phi) is 5.62. The SMILES string of the molecule is CCS(=O)(=O)c1ccc(OS(=O)(=O)c2cc(Cl)ccc2O)c(CN)c1. The molecule has 0 aliphatic rings. The number of nitrogens with two attached hydrogens (primary N) is 1. The van der Waals surface area contributed by atoms with Gasteiger partial charge >= 0.3 is 10.1 Å². The molecule has 0 fully saturated rings. The average Bonchev–Trinajstić information content (AvgIpc) is 2.56. The second kappa shape index (κ2) is 7.20. The molecule has 136 valence electrons. The fourth-order valence-electron chi connectivity index (χ4n) is 2.01. The number of phenolic OH excluding ortho intramolecular Hbond substituents is 1. The molecule has 0 aliphatic carbocycles. The first-order valence-corrected chi connectivity index (χ1v) is 10.5. The van der Waals surface area contributed by atoms with Crippen LogP contribution in [0.25, 0.3) is 0 Å². The normalized spacial score (nSPS) is 12.1. The van der Waals surface area contributed by atoms with Crippen LogP contribution in [-0.2, 0) is 26.5 Å². The van der Waals surface area contributed by atoms with Crippen LogP contribution >= 0.6 is 11.6 Å². The van der Waals surface area contributed by atoms with Crippen molar-refractivity contribution >= 4 is 31.6 Å². The minimum absolute atomic E-state index is 0.0193. The fourth-order valence-corrected chi connectivity index (χ4v) is 4.26. The summed E-state index contributed by atoms with van der Waals surface area (Å²) in [5.74, 6) is -0.757. The zero-order valence-corrected chi connectivity index (χ0v) is 15.5. The van der Waals surface area contributed by atoms with E-state index in [1.165, 1.54) is 31.2 Å². The summed E-state index contributed by atoms with van der Waals surface area (Å²) in [6, 6.07) is 7.21. The lowest BCUT2D eigenvalue weighted by atomic mass is 10.2. The number of hydrogen-bond donors (Lipinski definition) is 2. The highest BCUT2D eigenvalue weighted by Gasteiger charge is 2.24. The molecule has 25 heavy (non-hydrogen) atoms. The molecule has 0 bridgehead atoms. The lowest BCUT2D eigenvalue weighted by Crippen LogP contribution is -2.13. The van der Waals surface area contributed by atoms with Crippen LogP contribution in [0.5, 0.6) is 11.5 Å². The van der Waals surface area contributed by atoms with Crippen molar-refractivity contribution < 1.29 is 26.1 Å². The van der Waals surface area contributed by atoms with Crippen LogP contribution in [0.2, 0.25) is 5.02 Å². The lowest BCUT2D eigenvalue weighted by Gasteiger charge is -2.13. The quantitative estimate of drug-likeness (QED) is 0.705. The number of aromatic hydroxyl groups is 1. The van der Waals surface area contributed by atoms with Crippen molar-refractivity contribution in [2.45, 2.75) is 23.3 Å². The maximum absolute atomic E-state index is 12.4. The molecule has 2 aromatic carbocycles. The molecule has 0 amide bonds. The fraction of sp³-hybridized carbons (Fsp3) is 0.200. The predicted octanol–water partition coefficient (Wildman–Crippen LogP) is 2.07. The van der Waals surface area contributed by atoms with Gasteiger partial charge in [0.15, 0.2) is 9.84 Å². The molecule has 0 saturated carbocycles. The second-order valence-corrected chi connectivity index (χ2v) is 9.26. The Balaban J connectivity index is 2.48. The summed E-state index contributed by atoms with van der Waals surface area (Å²) < 4.78 is 53.6. The Labute approximate surface area is 151 Å². The molecular weight excluding hydrogens is 390 g/mol. The molecule has 3 N–H and O–H groups in total. The number of halogens is 1. The van der Waals surface area contributed by atoms with Gasteiger partial charge < -0.3 is 15.0 Å². The lowest BCUT2D eigenvalue weighted by molar-refractivity contribution is 0.444. The summed E-state index contributed by atoms with van der Waals surface area (Å²) >= 11 is 5.75. The van der Waals surface area contributed by atoms with Gasteiger partial charge in [-0.25, -0.2) is 8.42 Å². The third-order valence-electron chi connectivity index (χ3n) is 3.38. The molecule has 0 aliphatic heterocycles. The minimum atomic E-state index is -4.39. The van der Waals surface area contributed by atoms with Gasteiger partial charge in [0.25, 0.3) is 0 Å². The van der Waals surface area contributed by atoms with Crippen molar-refractivity contribution in [2.75, 3.05) is 5.75 Å². The molecule has 2 aromatic rings. The second-order valence-electron chi connectivity index (χ2n) is 5.03. The average molecular weight is 406 g/mol. The number of phenols is 1. The molecule has 0 spiro atoms. The van der Waals surface area contributed by atoms with Gasteiger partial charge in [-0.3, -0.25) is 0 Å². The van der Waals surface area contributed by atoms with Crippen LogP contribution in [0.3, 0.4) is 0 Å². The largest absolute Gasteiger partial charge is 0.506 e. The van der Waals surface area contributed by atoms with E-state index < -0.39 is 30.6 Å². The van der Waals surface area contributed by atoms with Gasteiger partial charge in [0.1, 0.15) is 16.4 Å². The zero-order valence-electron chi connectivity index (χ0n) is 13.1. The first-order chi connectivity index (χ1) is 11.6. The van der Waals surface area contributed by atoms with Crippen molar-refractivity contribution in [1.82, 2.24) is 0 Å². The maximum atomic E-state index is 12.4. The minimum Gasteiger partial charge on any atom is -0.506 e. The Morgan fingerprint density at radius 3 is 2.40 bits per heavy atom. The third kappa shape index (κ3) is 4.24. The van der Waals surface area contributed by atoms with E-state index in [1.54, 1.807) is 0 Å². The van der Waals surface area contributed by atoms with Crippen LogP contribution in [0.1, 0.15) is 12.5 Å². The standard InChI is InChI=1S/C15H16ClNO6S2/c1-2-24(19,20)12-4-6-14(10(7-12)9-17)23-25(21,22)15-8-11(16)3-5-13(15)18/h3-8,18H,2,9,17H2,1H3. The molecule has 0 unspecified atom stereocenters. The van der Waals surface area contributed by atoms with E-state index >= 15 is 0 Å². The van der Waals surface area contributed by atoms with Crippen molar-refractivity contribution in [3.63, 3.8) is 0 Å². The van der Waals surface area contributed by atoms with Gasteiger partial charge in [0.2, 0.25) is 0 Å². The van der Waals surface area contributed by atoms with E-state index in [-0.39, 0.29) is 33.5 Å². The summed E-state index contributed by atoms with van der Waals surface area (Å²) in [7, 11) is -7.87. The number of sulfone groups is 1. The summed E-state index contributed by atoms with van der Waals surface area (Å²) in [4.78, 5) is -0.487. The molecule has 0 heterocycles. The first kappa shape index (κ1) is 19.5. The van der Waals surface area contributed by atoms with E-state index in [0.29, 0.717) is 0 Å². The molecule has 0 radical (unpaired) electrons. The van der Waals surface area contributed by atoms with Crippen molar-refractivity contribution in [3.05, 3.63) is 47.0 Å². The summed E-state index contributed by atoms with van der Waals surface area (Å²) in [5, 5.41) is 9.84. The molecule has 0 saturated heterocycles. The number of hydrogen-bond acceptors (Lipinski definition) is 7. The Hall–Kier alpha value is -1.81. The summed E-state index contributed by atoms with van der Waals surface area (Å²) in [5.41, 5.74) is 5.77. The van der Waals surface area contributed by atoms with Gasteiger partial charge in [-0.05, 0) is 36.4 Å². The van der Waals surface area contributed by atoms with E-state index in [0.717, 1.165) is 12.1 Å². The highest BCUT2D eigenvalue weighted by Crippen LogP contribution is 2.31. The topological polar surface area (TPSA) is 124 Å². The van der Waals surface area contributed by atoms with Crippen LogP contribution in [0, 0.1) is 0 Å². The molecule has 0 aromatic heterocycles. The monoisotopic (exact) mass is 405 g/mol. The van der Waals surface area contributed by atoms with Crippen LogP contribution in [0.15, 0.2) is 46.2 Å². The smallest absolute Gasteiger partial charge is 0.342 e. The van der Waals surface area contributed by atoms with Gasteiger partial charge in [-0.15, -0.1) is 0 Å². The molecule has 0 atom stereocenters. The number of rotatable bonds is 6. The third-order valence-corrected chi connectivity index (χ3v) is 6.61.